The summed E-state index contributed by atoms with van der Waals surface area (Å²) in [6.45, 7) is 0. The van der Waals surface area contributed by atoms with Crippen molar-refractivity contribution >= 4 is 5.97 Å². The van der Waals surface area contributed by atoms with Gasteiger partial charge in [-0.1, -0.05) is 41.6 Å². The molecule has 0 aliphatic rings. The summed E-state index contributed by atoms with van der Waals surface area (Å²) in [5, 5.41) is 12.9. The third-order valence-electron chi connectivity index (χ3n) is 3.44. The predicted octanol–water partition coefficient (Wildman–Crippen LogP) is 4.73. The Kier molecular flexibility index (Phi) is 3.84. The Labute approximate surface area is 134 Å². The van der Waals surface area contributed by atoms with E-state index in [9.17, 15) is 23.1 Å². The summed E-state index contributed by atoms with van der Waals surface area (Å²) in [4.78, 5) is 11.2. The average molecular weight is 333 g/mol. The standard InChI is InChI=1S/C17H10F3NO3/c18-17(19,20)13-8-4-3-7-12(13)14-9-15(24-21-14)10-5-1-2-6-11(10)16(22)23/h1-9H,(H,22,23). The Balaban J connectivity index is 2.10. The third kappa shape index (κ3) is 2.88. The average Bonchev–Trinajstić information content (AvgIpc) is 3.04. The molecule has 0 bridgehead atoms. The number of hydrogen-bond acceptors (Lipinski definition) is 3. The van der Waals surface area contributed by atoms with Crippen LogP contribution in [0.1, 0.15) is 15.9 Å². The van der Waals surface area contributed by atoms with E-state index in [1.807, 2.05) is 0 Å². The number of carboxylic acid groups (broad SMARTS) is 1. The van der Waals surface area contributed by atoms with E-state index in [-0.39, 0.29) is 28.1 Å². The first-order chi connectivity index (χ1) is 11.4. The highest BCUT2D eigenvalue weighted by Gasteiger charge is 2.34. The van der Waals surface area contributed by atoms with Crippen LogP contribution in [0.15, 0.2) is 59.1 Å². The van der Waals surface area contributed by atoms with Gasteiger partial charge in [0.25, 0.3) is 0 Å². The fraction of sp³-hybridized carbons (Fsp3) is 0.0588. The minimum Gasteiger partial charge on any atom is -0.478 e. The lowest BCUT2D eigenvalue weighted by Crippen LogP contribution is -2.06. The zero-order chi connectivity index (χ0) is 17.3. The van der Waals surface area contributed by atoms with Gasteiger partial charge in [0, 0.05) is 17.2 Å². The fourth-order valence-corrected chi connectivity index (χ4v) is 2.37. The van der Waals surface area contributed by atoms with Crippen LogP contribution in [0, 0.1) is 0 Å². The second-order valence-electron chi connectivity index (χ2n) is 4.97. The van der Waals surface area contributed by atoms with Crippen LogP contribution >= 0.6 is 0 Å². The number of benzene rings is 2. The van der Waals surface area contributed by atoms with Crippen molar-refractivity contribution in [1.29, 1.82) is 0 Å². The van der Waals surface area contributed by atoms with Gasteiger partial charge >= 0.3 is 12.1 Å². The first-order valence-electron chi connectivity index (χ1n) is 6.84. The molecule has 0 saturated heterocycles. The summed E-state index contributed by atoms with van der Waals surface area (Å²) in [5.41, 5.74) is -0.764. The van der Waals surface area contributed by atoms with Crippen molar-refractivity contribution in [2.45, 2.75) is 6.18 Å². The van der Waals surface area contributed by atoms with Gasteiger partial charge in [-0.3, -0.25) is 0 Å². The molecule has 0 atom stereocenters. The van der Waals surface area contributed by atoms with Crippen molar-refractivity contribution in [2.24, 2.45) is 0 Å². The second kappa shape index (κ2) is 5.84. The van der Waals surface area contributed by atoms with Crippen molar-refractivity contribution in [2.75, 3.05) is 0 Å². The van der Waals surface area contributed by atoms with Crippen molar-refractivity contribution in [3.8, 4) is 22.6 Å². The van der Waals surface area contributed by atoms with Gasteiger partial charge in [0.2, 0.25) is 0 Å². The summed E-state index contributed by atoms with van der Waals surface area (Å²) in [6.07, 6.45) is -4.53. The number of aromatic nitrogens is 1. The van der Waals surface area contributed by atoms with Gasteiger partial charge in [-0.05, 0) is 12.1 Å². The maximum atomic E-state index is 13.1. The van der Waals surface area contributed by atoms with Crippen LogP contribution in [0.2, 0.25) is 0 Å². The predicted molar refractivity (Wildman–Crippen MR) is 79.3 cm³/mol. The molecule has 3 aromatic rings. The third-order valence-corrected chi connectivity index (χ3v) is 3.44. The molecule has 24 heavy (non-hydrogen) atoms. The van der Waals surface area contributed by atoms with E-state index in [0.29, 0.717) is 0 Å². The van der Waals surface area contributed by atoms with Gasteiger partial charge in [0.05, 0.1) is 11.1 Å². The van der Waals surface area contributed by atoms with Crippen LogP contribution in [0.4, 0.5) is 13.2 Å². The first-order valence-corrected chi connectivity index (χ1v) is 6.84. The Morgan fingerprint density at radius 1 is 1.00 bits per heavy atom. The van der Waals surface area contributed by atoms with E-state index >= 15 is 0 Å². The SMILES string of the molecule is O=C(O)c1ccccc1-c1cc(-c2ccccc2C(F)(F)F)no1. The van der Waals surface area contributed by atoms with E-state index in [1.165, 1.54) is 36.4 Å². The fourth-order valence-electron chi connectivity index (χ4n) is 2.37. The van der Waals surface area contributed by atoms with Crippen LogP contribution in [-0.2, 0) is 6.18 Å². The molecular formula is C17H10F3NO3. The molecule has 7 heteroatoms. The molecule has 122 valence electrons. The van der Waals surface area contributed by atoms with Crippen molar-refractivity contribution in [3.63, 3.8) is 0 Å². The molecule has 1 heterocycles. The number of alkyl halides is 3. The number of nitrogens with zero attached hydrogens (tertiary/aromatic N) is 1. The van der Waals surface area contributed by atoms with Gasteiger partial charge in [-0.2, -0.15) is 13.2 Å². The van der Waals surface area contributed by atoms with Gasteiger partial charge in [0.15, 0.2) is 5.76 Å². The zero-order valence-corrected chi connectivity index (χ0v) is 12.0. The summed E-state index contributed by atoms with van der Waals surface area (Å²) in [7, 11) is 0. The Bertz CT molecular complexity index is 900. The molecule has 2 aromatic carbocycles. The zero-order valence-electron chi connectivity index (χ0n) is 12.0. The normalized spacial score (nSPS) is 11.5. The topological polar surface area (TPSA) is 63.3 Å². The largest absolute Gasteiger partial charge is 0.478 e. The molecule has 0 radical (unpaired) electrons. The van der Waals surface area contributed by atoms with Crippen molar-refractivity contribution in [1.82, 2.24) is 5.16 Å². The van der Waals surface area contributed by atoms with Crippen LogP contribution in [0.5, 0.6) is 0 Å². The van der Waals surface area contributed by atoms with Gasteiger partial charge < -0.3 is 9.63 Å². The Morgan fingerprint density at radius 3 is 2.29 bits per heavy atom. The maximum Gasteiger partial charge on any atom is 0.417 e. The monoisotopic (exact) mass is 333 g/mol. The highest BCUT2D eigenvalue weighted by molar-refractivity contribution is 5.95. The summed E-state index contributed by atoms with van der Waals surface area (Å²) >= 11 is 0. The molecule has 0 aliphatic carbocycles. The lowest BCUT2D eigenvalue weighted by Gasteiger charge is -2.10. The number of hydrogen-bond donors (Lipinski definition) is 1. The molecule has 1 aromatic heterocycles. The second-order valence-corrected chi connectivity index (χ2v) is 4.97. The van der Waals surface area contributed by atoms with Gasteiger partial charge in [-0.15, -0.1) is 0 Å². The van der Waals surface area contributed by atoms with Crippen LogP contribution in [0.3, 0.4) is 0 Å². The molecule has 1 N–H and O–H groups in total. The molecule has 0 unspecified atom stereocenters. The Hall–Kier alpha value is -3.09. The number of aromatic carboxylic acids is 1. The van der Waals surface area contributed by atoms with E-state index in [4.69, 9.17) is 4.52 Å². The minimum absolute atomic E-state index is 0.0156. The molecule has 3 rings (SSSR count). The first kappa shape index (κ1) is 15.8. The molecular weight excluding hydrogens is 323 g/mol. The quantitative estimate of drug-likeness (QED) is 0.753. The van der Waals surface area contributed by atoms with E-state index in [2.05, 4.69) is 5.16 Å². The summed E-state index contributed by atoms with van der Waals surface area (Å²) in [6, 6.07) is 12.3. The van der Waals surface area contributed by atoms with Crippen molar-refractivity contribution in [3.05, 3.63) is 65.7 Å². The van der Waals surface area contributed by atoms with Gasteiger partial charge in [0.1, 0.15) is 5.69 Å². The molecule has 0 amide bonds. The van der Waals surface area contributed by atoms with Crippen LogP contribution < -0.4 is 0 Å². The lowest BCUT2D eigenvalue weighted by molar-refractivity contribution is -0.137. The van der Waals surface area contributed by atoms with E-state index in [1.54, 1.807) is 12.1 Å². The van der Waals surface area contributed by atoms with Gasteiger partial charge in [-0.25, -0.2) is 4.79 Å². The van der Waals surface area contributed by atoms with Crippen molar-refractivity contribution < 1.29 is 27.6 Å². The minimum atomic E-state index is -4.53. The number of carboxylic acids is 1. The number of rotatable bonds is 3. The van der Waals surface area contributed by atoms with E-state index < -0.39 is 17.7 Å². The summed E-state index contributed by atoms with van der Waals surface area (Å²) in [5.74, 6) is -1.08. The summed E-state index contributed by atoms with van der Waals surface area (Å²) < 4.78 is 44.4. The highest BCUT2D eigenvalue weighted by atomic mass is 19.4. The maximum absolute atomic E-state index is 13.1. The lowest BCUT2D eigenvalue weighted by atomic mass is 10.0. The molecule has 0 spiro atoms. The molecule has 4 nitrogen and oxygen atoms in total. The van der Waals surface area contributed by atoms with Crippen LogP contribution in [-0.4, -0.2) is 16.2 Å². The number of carbonyl (C=O) groups is 1. The van der Waals surface area contributed by atoms with E-state index in [0.717, 1.165) is 6.07 Å². The smallest absolute Gasteiger partial charge is 0.417 e. The Morgan fingerprint density at radius 2 is 1.62 bits per heavy atom. The highest BCUT2D eigenvalue weighted by Crippen LogP contribution is 2.37. The number of halogens is 3. The van der Waals surface area contributed by atoms with Crippen LogP contribution in [0.25, 0.3) is 22.6 Å². The molecule has 0 saturated carbocycles. The molecule has 0 aliphatic heterocycles. The molecule has 0 fully saturated rings.